The lowest BCUT2D eigenvalue weighted by Gasteiger charge is -2.37. The van der Waals surface area contributed by atoms with Gasteiger partial charge in [0.2, 0.25) is 11.9 Å². The summed E-state index contributed by atoms with van der Waals surface area (Å²) in [5.41, 5.74) is 11.6. The van der Waals surface area contributed by atoms with Crippen molar-refractivity contribution in [1.82, 2.24) is 14.8 Å². The number of aliphatic imine (C=N–C) groups is 2. The molecule has 1 aliphatic rings. The van der Waals surface area contributed by atoms with Gasteiger partial charge in [-0.05, 0) is 61.4 Å². The Kier molecular flexibility index (Phi) is 9.00. The Morgan fingerprint density at radius 1 is 1.07 bits per heavy atom. The summed E-state index contributed by atoms with van der Waals surface area (Å²) < 4.78 is 0. The number of nitrogen functional groups attached to an aromatic ring is 1. The van der Waals surface area contributed by atoms with E-state index in [1.54, 1.807) is 13.0 Å². The quantitative estimate of drug-likeness (QED) is 0.117. The van der Waals surface area contributed by atoms with Crippen molar-refractivity contribution in [2.75, 3.05) is 31.2 Å². The van der Waals surface area contributed by atoms with Gasteiger partial charge in [0.15, 0.2) is 0 Å². The van der Waals surface area contributed by atoms with Crippen LogP contribution in [0.15, 0.2) is 101 Å². The van der Waals surface area contributed by atoms with Crippen LogP contribution in [-0.2, 0) is 16.0 Å². The predicted molar refractivity (Wildman–Crippen MR) is 175 cm³/mol. The number of carbonyl (C=O) groups is 2. The Morgan fingerprint density at radius 3 is 2.53 bits per heavy atom. The molecule has 0 atom stereocenters. The highest BCUT2D eigenvalue weighted by atomic mass is 16.2. The molecule has 3 aromatic carbocycles. The molecule has 5 rings (SSSR count). The van der Waals surface area contributed by atoms with Gasteiger partial charge in [-0.15, -0.1) is 0 Å². The Labute approximate surface area is 251 Å². The van der Waals surface area contributed by atoms with Gasteiger partial charge in [-0.2, -0.15) is 0 Å². The second-order valence-electron chi connectivity index (χ2n) is 10.8. The molecule has 0 spiro atoms. The van der Waals surface area contributed by atoms with E-state index in [1.165, 1.54) is 6.20 Å². The lowest BCUT2D eigenvalue weighted by molar-refractivity contribution is -0.131. The van der Waals surface area contributed by atoms with E-state index in [0.717, 1.165) is 40.4 Å². The largest absolute Gasteiger partial charge is 0.397 e. The fraction of sp³-hybridized carbons (Fsp3) is 0.235. The first-order valence-electron chi connectivity index (χ1n) is 14.4. The van der Waals surface area contributed by atoms with Gasteiger partial charge in [0.25, 0.3) is 5.91 Å². The molecule has 4 N–H and O–H groups in total. The van der Waals surface area contributed by atoms with E-state index < -0.39 is 0 Å². The number of piperidine rings is 1. The van der Waals surface area contributed by atoms with Crippen LogP contribution in [0.2, 0.25) is 0 Å². The van der Waals surface area contributed by atoms with Crippen LogP contribution in [0.3, 0.4) is 0 Å². The van der Waals surface area contributed by atoms with Crippen molar-refractivity contribution in [3.05, 3.63) is 96.3 Å². The molecule has 220 valence electrons. The van der Waals surface area contributed by atoms with Gasteiger partial charge in [-0.3, -0.25) is 9.59 Å². The van der Waals surface area contributed by atoms with Crippen molar-refractivity contribution in [2.45, 2.75) is 32.2 Å². The molecule has 1 saturated heterocycles. The van der Waals surface area contributed by atoms with Gasteiger partial charge in [-0.25, -0.2) is 9.98 Å². The number of guanidine groups is 1. The molecule has 2 heterocycles. The Hall–Kier alpha value is -5.18. The number of nitrogens with one attached hydrogen (secondary N) is 2. The fourth-order valence-electron chi connectivity index (χ4n) is 5.37. The number of H-pyrrole nitrogens is 1. The minimum absolute atomic E-state index is 0.126. The zero-order chi connectivity index (χ0) is 30.3. The molecule has 0 unspecified atom stereocenters. The van der Waals surface area contributed by atoms with E-state index in [4.69, 9.17) is 5.73 Å². The molecule has 0 bridgehead atoms. The predicted octanol–water partition coefficient (Wildman–Crippen LogP) is 5.48. The summed E-state index contributed by atoms with van der Waals surface area (Å²) >= 11 is 0. The summed E-state index contributed by atoms with van der Waals surface area (Å²) in [6, 6.07) is 23.6. The summed E-state index contributed by atoms with van der Waals surface area (Å²) in [6.45, 7) is 6.69. The Morgan fingerprint density at radius 2 is 1.79 bits per heavy atom. The van der Waals surface area contributed by atoms with Crippen molar-refractivity contribution in [2.24, 2.45) is 9.98 Å². The number of benzene rings is 3. The number of carbonyl (C=O) groups excluding carboxylic acids is 2. The summed E-state index contributed by atoms with van der Waals surface area (Å²) in [5, 5.41) is 3.98. The smallest absolute Gasteiger partial charge is 0.252 e. The van der Waals surface area contributed by atoms with Crippen molar-refractivity contribution in [3.63, 3.8) is 0 Å². The average molecular weight is 576 g/mol. The number of aromatic amines is 1. The van der Waals surface area contributed by atoms with Crippen LogP contribution in [-0.4, -0.2) is 65.5 Å². The van der Waals surface area contributed by atoms with E-state index >= 15 is 0 Å². The van der Waals surface area contributed by atoms with Crippen molar-refractivity contribution in [3.8, 4) is 11.1 Å². The molecule has 2 amide bonds. The number of nitrogens with two attached hydrogens (primary N) is 1. The van der Waals surface area contributed by atoms with Crippen LogP contribution in [0.5, 0.6) is 0 Å². The lowest BCUT2D eigenvalue weighted by Crippen LogP contribution is -2.47. The van der Waals surface area contributed by atoms with Crippen LogP contribution in [0.25, 0.3) is 22.0 Å². The van der Waals surface area contributed by atoms with E-state index in [-0.39, 0.29) is 17.9 Å². The summed E-state index contributed by atoms with van der Waals surface area (Å²) in [6.07, 6.45) is 5.36. The standard InChI is InChI=1S/C34H37N7O2/c1-23(33(43)39-31-19-25(13-14-29(31)35)24-9-5-4-6-10-24)21-38-34(36-2)40(3)27-15-17-41(18-16-27)32(42)20-26-22-37-30-12-8-7-11-28(26)30/h4-14,19,21-22,27,37H,2,15-18,20,35H2,1,3H3,(H,39,43)/b23-21+,38-34?. The number of aromatic nitrogens is 1. The number of rotatable bonds is 7. The van der Waals surface area contributed by atoms with E-state index in [9.17, 15) is 9.59 Å². The third-order valence-corrected chi connectivity index (χ3v) is 7.98. The summed E-state index contributed by atoms with van der Waals surface area (Å²) in [5.74, 6) is 0.233. The Bertz CT molecular complexity index is 1680. The normalized spacial score (nSPS) is 14.5. The number of amides is 2. The molecule has 43 heavy (non-hydrogen) atoms. The maximum Gasteiger partial charge on any atom is 0.252 e. The van der Waals surface area contributed by atoms with E-state index in [0.29, 0.717) is 42.4 Å². The zero-order valence-corrected chi connectivity index (χ0v) is 24.6. The van der Waals surface area contributed by atoms with Gasteiger partial charge in [0.1, 0.15) is 0 Å². The highest BCUT2D eigenvalue weighted by molar-refractivity contribution is 6.05. The minimum Gasteiger partial charge on any atom is -0.397 e. The molecule has 9 heteroatoms. The van der Waals surface area contributed by atoms with Crippen LogP contribution in [0.4, 0.5) is 11.4 Å². The van der Waals surface area contributed by atoms with Crippen LogP contribution in [0.1, 0.15) is 25.3 Å². The van der Waals surface area contributed by atoms with Crippen LogP contribution >= 0.6 is 0 Å². The number of hydrogen-bond acceptors (Lipinski definition) is 4. The summed E-state index contributed by atoms with van der Waals surface area (Å²) in [4.78, 5) is 41.8. The monoisotopic (exact) mass is 575 g/mol. The molecule has 9 nitrogen and oxygen atoms in total. The number of para-hydroxylation sites is 1. The number of fused-ring (bicyclic) bond motifs is 1. The zero-order valence-electron chi connectivity index (χ0n) is 24.6. The third-order valence-electron chi connectivity index (χ3n) is 7.98. The molecule has 0 saturated carbocycles. The number of likely N-dealkylation sites (tertiary alicyclic amines) is 1. The van der Waals surface area contributed by atoms with E-state index in [1.807, 2.05) is 89.8 Å². The summed E-state index contributed by atoms with van der Waals surface area (Å²) in [7, 11) is 1.92. The molecular weight excluding hydrogens is 538 g/mol. The first-order valence-corrected chi connectivity index (χ1v) is 14.4. The van der Waals surface area contributed by atoms with Gasteiger partial charge in [0.05, 0.1) is 17.8 Å². The molecule has 0 aliphatic carbocycles. The van der Waals surface area contributed by atoms with Crippen LogP contribution in [0, 0.1) is 0 Å². The molecule has 1 fully saturated rings. The van der Waals surface area contributed by atoms with Crippen molar-refractivity contribution in [1.29, 1.82) is 0 Å². The number of anilines is 2. The first kappa shape index (κ1) is 29.3. The van der Waals surface area contributed by atoms with Gasteiger partial charge < -0.3 is 25.8 Å². The van der Waals surface area contributed by atoms with Gasteiger partial charge in [0, 0.05) is 55.1 Å². The lowest BCUT2D eigenvalue weighted by atomic mass is 10.0. The molecule has 1 aliphatic heterocycles. The first-order chi connectivity index (χ1) is 20.8. The molecule has 0 radical (unpaired) electrons. The second kappa shape index (κ2) is 13.2. The number of nitrogens with zero attached hydrogens (tertiary/aromatic N) is 4. The highest BCUT2D eigenvalue weighted by Crippen LogP contribution is 2.27. The SMILES string of the molecule is C=NC(=N/C=C(\C)C(=O)Nc1cc(-c2ccccc2)ccc1N)N(C)C1CCN(C(=O)Cc2c[nH]c3ccccc23)CC1. The topological polar surface area (TPSA) is 119 Å². The second-order valence-corrected chi connectivity index (χ2v) is 10.8. The molecule has 1 aromatic heterocycles. The van der Waals surface area contributed by atoms with E-state index in [2.05, 4.69) is 27.0 Å². The fourth-order valence-corrected chi connectivity index (χ4v) is 5.37. The minimum atomic E-state index is -0.311. The van der Waals surface area contributed by atoms with Gasteiger partial charge >= 0.3 is 0 Å². The maximum absolute atomic E-state index is 13.1. The Balaban J connectivity index is 1.17. The maximum atomic E-state index is 13.1. The third kappa shape index (κ3) is 6.83. The molecular formula is C34H37N7O2. The highest BCUT2D eigenvalue weighted by Gasteiger charge is 2.27. The van der Waals surface area contributed by atoms with Crippen LogP contribution < -0.4 is 11.1 Å². The van der Waals surface area contributed by atoms with Gasteiger partial charge in [-0.1, -0.05) is 54.6 Å². The van der Waals surface area contributed by atoms with Crippen molar-refractivity contribution >= 4 is 46.8 Å². The number of hydrogen-bond donors (Lipinski definition) is 3. The average Bonchev–Trinajstić information content (AvgIpc) is 3.45. The van der Waals surface area contributed by atoms with Crippen molar-refractivity contribution < 1.29 is 9.59 Å². The molecule has 4 aromatic rings.